The van der Waals surface area contributed by atoms with E-state index in [0.29, 0.717) is 25.3 Å². The first-order valence-electron chi connectivity index (χ1n) is 7.87. The summed E-state index contributed by atoms with van der Waals surface area (Å²) in [6, 6.07) is 1.68. The number of anilines is 1. The van der Waals surface area contributed by atoms with Crippen molar-refractivity contribution in [2.24, 2.45) is 5.41 Å². The lowest BCUT2D eigenvalue weighted by Gasteiger charge is -2.30. The van der Waals surface area contributed by atoms with Crippen molar-refractivity contribution in [3.05, 3.63) is 12.3 Å². The predicted octanol–water partition coefficient (Wildman–Crippen LogP) is 2.65. The number of likely N-dealkylation sites (tertiary alicyclic amines) is 1. The number of nitrogens with one attached hydrogen (secondary N) is 1. The Morgan fingerprint density at radius 1 is 1.45 bits per heavy atom. The third-order valence-electron chi connectivity index (χ3n) is 3.94. The normalized spacial score (nSPS) is 22.3. The molecule has 0 saturated carbocycles. The van der Waals surface area contributed by atoms with Crippen LogP contribution < -0.4 is 5.32 Å². The lowest BCUT2D eigenvalue weighted by atomic mass is 9.87. The van der Waals surface area contributed by atoms with Crippen molar-refractivity contribution in [2.45, 2.75) is 59.1 Å². The Morgan fingerprint density at radius 3 is 2.77 bits per heavy atom. The number of carbonyl (C=O) groups is 1. The molecule has 1 aliphatic heterocycles. The minimum Gasteiger partial charge on any atom is -0.393 e. The Hall–Kier alpha value is -1.56. The summed E-state index contributed by atoms with van der Waals surface area (Å²) in [5.74, 6) is 0.695. The van der Waals surface area contributed by atoms with Crippen molar-refractivity contribution in [1.29, 1.82) is 0 Å². The molecule has 0 aliphatic carbocycles. The van der Waals surface area contributed by atoms with E-state index in [2.05, 4.69) is 24.3 Å². The summed E-state index contributed by atoms with van der Waals surface area (Å²) in [6.45, 7) is 11.5. The first-order chi connectivity index (χ1) is 10.1. The van der Waals surface area contributed by atoms with Crippen molar-refractivity contribution < 1.29 is 9.90 Å². The molecule has 2 amide bonds. The van der Waals surface area contributed by atoms with Crippen LogP contribution in [0, 0.1) is 5.41 Å². The molecule has 1 fully saturated rings. The molecular formula is C16H28N4O2. The maximum atomic E-state index is 12.6. The van der Waals surface area contributed by atoms with Gasteiger partial charge in [-0.1, -0.05) is 13.8 Å². The van der Waals surface area contributed by atoms with Crippen molar-refractivity contribution >= 4 is 11.8 Å². The summed E-state index contributed by atoms with van der Waals surface area (Å²) in [6.07, 6.45) is 2.69. The van der Waals surface area contributed by atoms with Crippen LogP contribution in [0.5, 0.6) is 0 Å². The van der Waals surface area contributed by atoms with Gasteiger partial charge in [-0.3, -0.25) is 5.32 Å². The van der Waals surface area contributed by atoms with Crippen molar-refractivity contribution in [3.63, 3.8) is 0 Å². The fraction of sp³-hybridized carbons (Fsp3) is 0.750. The highest BCUT2D eigenvalue weighted by Crippen LogP contribution is 2.29. The molecule has 1 atom stereocenters. The maximum Gasteiger partial charge on any atom is 0.323 e. The largest absolute Gasteiger partial charge is 0.393 e. The summed E-state index contributed by atoms with van der Waals surface area (Å²) in [4.78, 5) is 14.4. The topological polar surface area (TPSA) is 70.4 Å². The first kappa shape index (κ1) is 16.8. The van der Waals surface area contributed by atoms with Gasteiger partial charge in [0.05, 0.1) is 17.8 Å². The van der Waals surface area contributed by atoms with Crippen LogP contribution in [0.4, 0.5) is 10.6 Å². The Bertz CT molecular complexity index is 530. The van der Waals surface area contributed by atoms with Gasteiger partial charge in [0.25, 0.3) is 0 Å². The van der Waals surface area contributed by atoms with Crippen LogP contribution in [0.1, 0.15) is 47.5 Å². The molecule has 0 bridgehead atoms. The lowest BCUT2D eigenvalue weighted by Crippen LogP contribution is -2.41. The third kappa shape index (κ3) is 4.00. The number of aliphatic hydroxyl groups is 1. The Labute approximate surface area is 132 Å². The number of hydrogen-bond donors (Lipinski definition) is 2. The molecular weight excluding hydrogens is 280 g/mol. The standard InChI is InChI=1S/C16H28N4O2/c1-15(2,3)20-13(6-8-17-20)18-14(22)19-9-7-12(21)10-16(4,5)11-19/h6,8,12,21H,7,9-11H2,1-5H3,(H,18,22). The average Bonchev–Trinajstić information content (AvgIpc) is 2.76. The summed E-state index contributed by atoms with van der Waals surface area (Å²) in [7, 11) is 0. The van der Waals surface area contributed by atoms with Crippen molar-refractivity contribution in [2.75, 3.05) is 18.4 Å². The van der Waals surface area contributed by atoms with E-state index in [1.807, 2.05) is 25.5 Å². The molecule has 6 heteroatoms. The van der Waals surface area contributed by atoms with Gasteiger partial charge in [0.15, 0.2) is 0 Å². The summed E-state index contributed by atoms with van der Waals surface area (Å²) in [5.41, 5.74) is -0.280. The maximum absolute atomic E-state index is 12.6. The second-order valence-electron chi connectivity index (χ2n) is 7.96. The molecule has 0 spiro atoms. The number of aromatic nitrogens is 2. The van der Waals surface area contributed by atoms with Gasteiger partial charge in [0.2, 0.25) is 0 Å². The monoisotopic (exact) mass is 308 g/mol. The number of amides is 2. The fourth-order valence-electron chi connectivity index (χ4n) is 3.00. The molecule has 124 valence electrons. The molecule has 0 radical (unpaired) electrons. The van der Waals surface area contributed by atoms with Gasteiger partial charge >= 0.3 is 6.03 Å². The molecule has 2 N–H and O–H groups in total. The van der Waals surface area contributed by atoms with E-state index in [1.165, 1.54) is 0 Å². The Morgan fingerprint density at radius 2 is 2.14 bits per heavy atom. The average molecular weight is 308 g/mol. The van der Waals surface area contributed by atoms with Crippen LogP contribution in [-0.2, 0) is 5.54 Å². The van der Waals surface area contributed by atoms with Gasteiger partial charge < -0.3 is 10.0 Å². The van der Waals surface area contributed by atoms with Crippen molar-refractivity contribution in [1.82, 2.24) is 14.7 Å². The molecule has 1 unspecified atom stereocenters. The zero-order valence-corrected chi connectivity index (χ0v) is 14.3. The molecule has 0 aromatic carbocycles. The first-order valence-corrected chi connectivity index (χ1v) is 7.87. The summed E-state index contributed by atoms with van der Waals surface area (Å²) >= 11 is 0. The van der Waals surface area contributed by atoms with E-state index >= 15 is 0 Å². The second-order valence-corrected chi connectivity index (χ2v) is 7.96. The highest BCUT2D eigenvalue weighted by molar-refractivity contribution is 5.88. The van der Waals surface area contributed by atoms with Crippen LogP contribution in [0.2, 0.25) is 0 Å². The highest BCUT2D eigenvalue weighted by Gasteiger charge is 2.31. The Kier molecular flexibility index (Phi) is 4.52. The van der Waals surface area contributed by atoms with Crippen LogP contribution in [0.25, 0.3) is 0 Å². The van der Waals surface area contributed by atoms with E-state index in [-0.39, 0.29) is 23.1 Å². The van der Waals surface area contributed by atoms with Crippen molar-refractivity contribution in [3.8, 4) is 0 Å². The third-order valence-corrected chi connectivity index (χ3v) is 3.94. The highest BCUT2D eigenvalue weighted by atomic mass is 16.3. The number of rotatable bonds is 1. The van der Waals surface area contributed by atoms with E-state index < -0.39 is 0 Å². The van der Waals surface area contributed by atoms with E-state index in [1.54, 1.807) is 17.2 Å². The zero-order valence-electron chi connectivity index (χ0n) is 14.3. The molecule has 1 saturated heterocycles. The number of carbonyl (C=O) groups excluding carboxylic acids is 1. The zero-order chi connectivity index (χ0) is 16.5. The van der Waals surface area contributed by atoms with E-state index in [9.17, 15) is 9.90 Å². The summed E-state index contributed by atoms with van der Waals surface area (Å²) in [5, 5.41) is 17.2. The Balaban J connectivity index is 2.11. The number of hydrogen-bond acceptors (Lipinski definition) is 3. The van der Waals surface area contributed by atoms with Crippen LogP contribution in [-0.4, -0.2) is 45.0 Å². The van der Waals surface area contributed by atoms with Crippen LogP contribution in [0.3, 0.4) is 0 Å². The minimum absolute atomic E-state index is 0.0858. The smallest absolute Gasteiger partial charge is 0.323 e. The summed E-state index contributed by atoms with van der Waals surface area (Å²) < 4.78 is 1.81. The molecule has 22 heavy (non-hydrogen) atoms. The SMILES string of the molecule is CC1(C)CC(O)CCN(C(=O)Nc2ccnn2C(C)(C)C)C1. The molecule has 1 aromatic rings. The fourth-order valence-corrected chi connectivity index (χ4v) is 3.00. The van der Waals surface area contributed by atoms with E-state index in [4.69, 9.17) is 0 Å². The lowest BCUT2D eigenvalue weighted by molar-refractivity contribution is 0.122. The van der Waals surface area contributed by atoms with E-state index in [0.717, 1.165) is 6.42 Å². The van der Waals surface area contributed by atoms with Gasteiger partial charge in [0, 0.05) is 19.2 Å². The molecule has 1 aliphatic rings. The van der Waals surface area contributed by atoms with Gasteiger partial charge in [0.1, 0.15) is 5.82 Å². The second kappa shape index (κ2) is 5.91. The predicted molar refractivity (Wildman–Crippen MR) is 86.8 cm³/mol. The van der Waals surface area contributed by atoms with Gasteiger partial charge in [-0.15, -0.1) is 0 Å². The molecule has 1 aromatic heterocycles. The molecule has 6 nitrogen and oxygen atoms in total. The quantitative estimate of drug-likeness (QED) is 0.838. The van der Waals surface area contributed by atoms with Gasteiger partial charge in [-0.05, 0) is 39.0 Å². The number of urea groups is 1. The van der Waals surface area contributed by atoms with Gasteiger partial charge in [-0.25, -0.2) is 9.48 Å². The van der Waals surface area contributed by atoms with Crippen LogP contribution >= 0.6 is 0 Å². The molecule has 2 heterocycles. The minimum atomic E-state index is -0.340. The number of aliphatic hydroxyl groups excluding tert-OH is 1. The van der Waals surface area contributed by atoms with Gasteiger partial charge in [-0.2, -0.15) is 5.10 Å². The molecule has 2 rings (SSSR count). The number of nitrogens with zero attached hydrogens (tertiary/aromatic N) is 3. The van der Waals surface area contributed by atoms with Crippen LogP contribution in [0.15, 0.2) is 12.3 Å².